The maximum absolute atomic E-state index is 12.5. The number of imide groups is 1. The van der Waals surface area contributed by atoms with Crippen LogP contribution in [0.25, 0.3) is 0 Å². The number of aryl methyl sites for hydroxylation is 1. The highest BCUT2D eigenvalue weighted by atomic mass is 32.1. The van der Waals surface area contributed by atoms with Gasteiger partial charge in [-0.05, 0) is 43.7 Å². The van der Waals surface area contributed by atoms with Crippen LogP contribution >= 0.6 is 11.3 Å². The zero-order valence-corrected chi connectivity index (χ0v) is 15.2. The Balaban J connectivity index is 1.82. The molecule has 134 valence electrons. The van der Waals surface area contributed by atoms with Crippen molar-refractivity contribution in [3.63, 3.8) is 0 Å². The van der Waals surface area contributed by atoms with E-state index in [4.69, 9.17) is 4.74 Å². The fourth-order valence-corrected chi connectivity index (χ4v) is 3.59. The van der Waals surface area contributed by atoms with E-state index in [0.29, 0.717) is 15.4 Å². The fourth-order valence-electron chi connectivity index (χ4n) is 2.63. The third-order valence-corrected chi connectivity index (χ3v) is 5.10. The van der Waals surface area contributed by atoms with Gasteiger partial charge >= 0.3 is 5.97 Å². The number of rotatable bonds is 4. The molecule has 0 aliphatic carbocycles. The van der Waals surface area contributed by atoms with Crippen molar-refractivity contribution in [1.82, 2.24) is 4.90 Å². The molecule has 0 spiro atoms. The first-order valence-electron chi connectivity index (χ1n) is 7.88. The van der Waals surface area contributed by atoms with Crippen molar-refractivity contribution < 1.29 is 23.9 Å². The molecule has 2 heterocycles. The molecule has 1 aliphatic heterocycles. The van der Waals surface area contributed by atoms with Crippen LogP contribution < -0.4 is 5.32 Å². The average molecular weight is 372 g/mol. The van der Waals surface area contributed by atoms with Crippen molar-refractivity contribution in [3.8, 4) is 0 Å². The number of nitrogens with zero attached hydrogens (tertiary/aromatic N) is 1. The number of carbonyl (C=O) groups excluding carboxylic acids is 4. The summed E-state index contributed by atoms with van der Waals surface area (Å²) < 4.78 is 4.98. The second-order valence-corrected chi connectivity index (χ2v) is 6.78. The second-order valence-electron chi connectivity index (χ2n) is 5.73. The lowest BCUT2D eigenvalue weighted by Crippen LogP contribution is -2.24. The number of fused-ring (bicyclic) bond motifs is 1. The molecule has 0 saturated carbocycles. The van der Waals surface area contributed by atoms with Gasteiger partial charge in [0.2, 0.25) is 0 Å². The molecule has 0 atom stereocenters. The van der Waals surface area contributed by atoms with Gasteiger partial charge in [-0.2, -0.15) is 0 Å². The van der Waals surface area contributed by atoms with E-state index >= 15 is 0 Å². The molecule has 0 fully saturated rings. The lowest BCUT2D eigenvalue weighted by molar-refractivity contribution is 0.0530. The number of anilines is 1. The Morgan fingerprint density at radius 2 is 1.85 bits per heavy atom. The first-order chi connectivity index (χ1) is 12.3. The summed E-state index contributed by atoms with van der Waals surface area (Å²) in [6.07, 6.45) is 0. The number of nitrogens with one attached hydrogen (secondary N) is 1. The van der Waals surface area contributed by atoms with Crippen LogP contribution in [0.3, 0.4) is 0 Å². The summed E-state index contributed by atoms with van der Waals surface area (Å²) in [4.78, 5) is 49.7. The molecule has 3 rings (SSSR count). The molecule has 26 heavy (non-hydrogen) atoms. The number of amides is 3. The van der Waals surface area contributed by atoms with Gasteiger partial charge in [0.25, 0.3) is 17.7 Å². The lowest BCUT2D eigenvalue weighted by Gasteiger charge is -2.04. The molecule has 1 N–H and O–H groups in total. The molecule has 8 heteroatoms. The number of ether oxygens (including phenoxy) is 1. The minimum Gasteiger partial charge on any atom is -0.462 e. The summed E-state index contributed by atoms with van der Waals surface area (Å²) in [6, 6.07) is 6.05. The summed E-state index contributed by atoms with van der Waals surface area (Å²) in [6.45, 7) is 3.75. The normalized spacial score (nSPS) is 13.0. The Labute approximate surface area is 153 Å². The van der Waals surface area contributed by atoms with Gasteiger partial charge in [0.15, 0.2) is 0 Å². The first kappa shape index (κ1) is 17.8. The first-order valence-corrected chi connectivity index (χ1v) is 8.70. The van der Waals surface area contributed by atoms with Crippen LogP contribution in [-0.4, -0.2) is 42.2 Å². The van der Waals surface area contributed by atoms with E-state index < -0.39 is 17.8 Å². The zero-order valence-electron chi connectivity index (χ0n) is 14.4. The van der Waals surface area contributed by atoms with Crippen LogP contribution in [0.1, 0.15) is 53.2 Å². The molecular weight excluding hydrogens is 356 g/mol. The van der Waals surface area contributed by atoms with E-state index in [0.717, 1.165) is 16.2 Å². The van der Waals surface area contributed by atoms with Crippen LogP contribution in [0.15, 0.2) is 24.3 Å². The number of benzene rings is 1. The largest absolute Gasteiger partial charge is 0.462 e. The quantitative estimate of drug-likeness (QED) is 0.658. The van der Waals surface area contributed by atoms with Crippen molar-refractivity contribution in [2.24, 2.45) is 0 Å². The van der Waals surface area contributed by atoms with Crippen LogP contribution in [0.4, 0.5) is 5.00 Å². The smallest absolute Gasteiger partial charge is 0.348 e. The van der Waals surface area contributed by atoms with E-state index in [-0.39, 0.29) is 29.2 Å². The maximum Gasteiger partial charge on any atom is 0.348 e. The Hall–Kier alpha value is -3.00. The number of esters is 1. The van der Waals surface area contributed by atoms with Crippen molar-refractivity contribution in [3.05, 3.63) is 51.4 Å². The number of hydrogen-bond acceptors (Lipinski definition) is 6. The molecule has 0 radical (unpaired) electrons. The predicted molar refractivity (Wildman–Crippen MR) is 95.8 cm³/mol. The summed E-state index contributed by atoms with van der Waals surface area (Å²) in [7, 11) is 1.40. The Kier molecular flexibility index (Phi) is 4.60. The number of thiophene rings is 1. The minimum atomic E-state index is -0.434. The van der Waals surface area contributed by atoms with Crippen LogP contribution in [0.5, 0.6) is 0 Å². The number of hydrogen-bond donors (Lipinski definition) is 1. The summed E-state index contributed by atoms with van der Waals surface area (Å²) in [5, 5.41) is 3.20. The summed E-state index contributed by atoms with van der Waals surface area (Å²) >= 11 is 1.12. The van der Waals surface area contributed by atoms with Gasteiger partial charge in [0.1, 0.15) is 4.88 Å². The van der Waals surface area contributed by atoms with E-state index in [1.807, 2.05) is 0 Å². The molecule has 1 aromatic carbocycles. The minimum absolute atomic E-state index is 0.208. The fraction of sp³-hybridized carbons (Fsp3) is 0.222. The average Bonchev–Trinajstić information content (AvgIpc) is 3.08. The molecule has 2 aromatic rings. The van der Waals surface area contributed by atoms with Gasteiger partial charge in [-0.25, -0.2) is 4.79 Å². The topological polar surface area (TPSA) is 92.8 Å². The van der Waals surface area contributed by atoms with Gasteiger partial charge in [-0.1, -0.05) is 0 Å². The highest BCUT2D eigenvalue weighted by Gasteiger charge is 2.33. The van der Waals surface area contributed by atoms with E-state index in [1.54, 1.807) is 19.9 Å². The van der Waals surface area contributed by atoms with Crippen molar-refractivity contribution in [2.45, 2.75) is 13.8 Å². The van der Waals surface area contributed by atoms with Crippen molar-refractivity contribution in [2.75, 3.05) is 19.0 Å². The Bertz CT molecular complexity index is 947. The van der Waals surface area contributed by atoms with Gasteiger partial charge in [0.05, 0.1) is 22.7 Å². The highest BCUT2D eigenvalue weighted by Crippen LogP contribution is 2.28. The van der Waals surface area contributed by atoms with Gasteiger partial charge < -0.3 is 10.1 Å². The highest BCUT2D eigenvalue weighted by molar-refractivity contribution is 7.18. The molecule has 3 amide bonds. The van der Waals surface area contributed by atoms with Gasteiger partial charge in [-0.3, -0.25) is 19.3 Å². The summed E-state index contributed by atoms with van der Waals surface area (Å²) in [5.41, 5.74) is 1.45. The predicted octanol–water partition coefficient (Wildman–Crippen LogP) is 2.71. The lowest BCUT2D eigenvalue weighted by atomic mass is 10.1. The molecule has 0 bridgehead atoms. The van der Waals surface area contributed by atoms with E-state index in [9.17, 15) is 19.2 Å². The summed E-state index contributed by atoms with van der Waals surface area (Å²) in [5.74, 6) is -1.68. The van der Waals surface area contributed by atoms with Gasteiger partial charge in [0, 0.05) is 12.6 Å². The maximum atomic E-state index is 12.5. The zero-order chi connectivity index (χ0) is 19.0. The molecule has 1 aromatic heterocycles. The monoisotopic (exact) mass is 372 g/mol. The Morgan fingerprint density at radius 1 is 1.15 bits per heavy atom. The van der Waals surface area contributed by atoms with Crippen LogP contribution in [0.2, 0.25) is 0 Å². The molecule has 0 saturated heterocycles. The molecule has 0 unspecified atom stereocenters. The molecular formula is C18H16N2O5S. The Morgan fingerprint density at radius 3 is 2.54 bits per heavy atom. The SMILES string of the molecule is CCOC(=O)c1sc(NC(=O)c2ccc3c(c2)C(=O)N(C)C3=O)cc1C. The van der Waals surface area contributed by atoms with Crippen molar-refractivity contribution in [1.29, 1.82) is 0 Å². The van der Waals surface area contributed by atoms with Crippen molar-refractivity contribution >= 4 is 40.0 Å². The third kappa shape index (κ3) is 2.99. The molecule has 7 nitrogen and oxygen atoms in total. The second kappa shape index (κ2) is 6.72. The third-order valence-electron chi connectivity index (χ3n) is 3.97. The van der Waals surface area contributed by atoms with E-state index in [1.165, 1.54) is 25.2 Å². The van der Waals surface area contributed by atoms with Gasteiger partial charge in [-0.15, -0.1) is 11.3 Å². The standard InChI is InChI=1S/C18H16N2O5S/c1-4-25-18(24)14-9(2)7-13(26-14)19-15(21)10-5-6-11-12(8-10)17(23)20(3)16(11)22/h5-8H,4H2,1-3H3,(H,19,21). The molecule has 1 aliphatic rings. The van der Waals surface area contributed by atoms with Crippen LogP contribution in [-0.2, 0) is 4.74 Å². The van der Waals surface area contributed by atoms with Crippen LogP contribution in [0, 0.1) is 6.92 Å². The van der Waals surface area contributed by atoms with E-state index in [2.05, 4.69) is 5.32 Å². The number of carbonyl (C=O) groups is 4.